The molecule has 2 rings (SSSR count). The molecule has 6 nitrogen and oxygen atoms in total. The third-order valence-corrected chi connectivity index (χ3v) is 5.77. The number of ether oxygens (including phenoxy) is 1. The third-order valence-electron chi connectivity index (χ3n) is 3.53. The molecule has 1 aromatic rings. The number of morpholine rings is 1. The fraction of sp³-hybridized carbons (Fsp3) is 0.643. The Bertz CT molecular complexity index is 587. The minimum Gasteiger partial charge on any atom is -0.369 e. The molecule has 0 radical (unpaired) electrons. The summed E-state index contributed by atoms with van der Waals surface area (Å²) in [6.07, 6.45) is -0.313. The number of hydrogen-bond acceptors (Lipinski definition) is 5. The van der Waals surface area contributed by atoms with Gasteiger partial charge in [-0.1, -0.05) is 6.07 Å². The van der Waals surface area contributed by atoms with Gasteiger partial charge in [-0.25, -0.2) is 13.4 Å². The summed E-state index contributed by atoms with van der Waals surface area (Å²) in [6.45, 7) is 4.52. The Hall–Kier alpha value is -1.18. The van der Waals surface area contributed by atoms with Crippen LogP contribution in [-0.2, 0) is 14.8 Å². The van der Waals surface area contributed by atoms with E-state index >= 15 is 0 Å². The highest BCUT2D eigenvalue weighted by atomic mass is 32.2. The van der Waals surface area contributed by atoms with E-state index in [1.54, 1.807) is 13.8 Å². The molecule has 0 amide bonds. The maximum atomic E-state index is 12.3. The van der Waals surface area contributed by atoms with Crippen molar-refractivity contribution < 1.29 is 13.2 Å². The van der Waals surface area contributed by atoms with Gasteiger partial charge >= 0.3 is 0 Å². The Labute approximate surface area is 126 Å². The van der Waals surface area contributed by atoms with Gasteiger partial charge in [0, 0.05) is 27.2 Å². The minimum atomic E-state index is -3.25. The van der Waals surface area contributed by atoms with Gasteiger partial charge in [-0.2, -0.15) is 4.31 Å². The van der Waals surface area contributed by atoms with Crippen LogP contribution in [0.4, 0.5) is 5.82 Å². The molecule has 0 aromatic carbocycles. The predicted molar refractivity (Wildman–Crippen MR) is 82.9 cm³/mol. The van der Waals surface area contributed by atoms with Crippen LogP contribution in [0.15, 0.2) is 18.2 Å². The van der Waals surface area contributed by atoms with Crippen LogP contribution < -0.4 is 4.90 Å². The molecule has 118 valence electrons. The number of rotatable bonds is 4. The molecule has 0 unspecified atom stereocenters. The van der Waals surface area contributed by atoms with Crippen molar-refractivity contribution in [3.63, 3.8) is 0 Å². The molecule has 0 saturated carbocycles. The van der Waals surface area contributed by atoms with E-state index in [0.29, 0.717) is 19.7 Å². The van der Waals surface area contributed by atoms with Crippen LogP contribution in [0, 0.1) is 0 Å². The van der Waals surface area contributed by atoms with Gasteiger partial charge in [-0.05, 0) is 26.0 Å². The van der Waals surface area contributed by atoms with Gasteiger partial charge in [0.15, 0.2) is 0 Å². The largest absolute Gasteiger partial charge is 0.369 e. The van der Waals surface area contributed by atoms with E-state index in [9.17, 15) is 8.42 Å². The summed E-state index contributed by atoms with van der Waals surface area (Å²) in [6, 6.07) is 5.70. The van der Waals surface area contributed by atoms with E-state index in [1.807, 2.05) is 37.2 Å². The molecular formula is C14H23N3O3S. The van der Waals surface area contributed by atoms with E-state index < -0.39 is 15.3 Å². The topological polar surface area (TPSA) is 62.7 Å². The second-order valence-electron chi connectivity index (χ2n) is 5.63. The van der Waals surface area contributed by atoms with Crippen molar-refractivity contribution in [3.05, 3.63) is 23.9 Å². The predicted octanol–water partition coefficient (Wildman–Crippen LogP) is 1.26. The fourth-order valence-electron chi connectivity index (χ4n) is 2.20. The second-order valence-corrected chi connectivity index (χ2v) is 8.12. The maximum absolute atomic E-state index is 12.3. The molecule has 0 N–H and O–H groups in total. The van der Waals surface area contributed by atoms with Crippen molar-refractivity contribution in [1.82, 2.24) is 9.29 Å². The Morgan fingerprint density at radius 2 is 2.10 bits per heavy atom. The second kappa shape index (κ2) is 6.29. The SMILES string of the molecule is CC(C)S(=O)(=O)N1CCO[C@@H](c2cccc(N(C)C)n2)C1. The first kappa shape index (κ1) is 16.2. The normalized spacial score (nSPS) is 20.7. The Kier molecular flexibility index (Phi) is 4.85. The molecule has 1 fully saturated rings. The van der Waals surface area contributed by atoms with Gasteiger partial charge in [0.1, 0.15) is 11.9 Å². The standard InChI is InChI=1S/C14H23N3O3S/c1-11(2)21(18,19)17-8-9-20-13(10-17)12-6-5-7-14(15-12)16(3)4/h5-7,11,13H,8-10H2,1-4H3/t13-/m1/s1. The smallest absolute Gasteiger partial charge is 0.216 e. The van der Waals surface area contributed by atoms with Crippen LogP contribution in [0.2, 0.25) is 0 Å². The summed E-state index contributed by atoms with van der Waals surface area (Å²) < 4.78 is 31.8. The Morgan fingerprint density at radius 3 is 2.71 bits per heavy atom. The number of nitrogens with zero attached hydrogens (tertiary/aromatic N) is 3. The number of hydrogen-bond donors (Lipinski definition) is 0. The van der Waals surface area contributed by atoms with E-state index in [4.69, 9.17) is 4.74 Å². The van der Waals surface area contributed by atoms with Gasteiger partial charge in [-0.15, -0.1) is 0 Å². The summed E-state index contributed by atoms with van der Waals surface area (Å²) in [5.41, 5.74) is 0.768. The number of sulfonamides is 1. The monoisotopic (exact) mass is 313 g/mol. The van der Waals surface area contributed by atoms with Crippen LogP contribution in [0.1, 0.15) is 25.6 Å². The highest BCUT2D eigenvalue weighted by Gasteiger charge is 2.32. The maximum Gasteiger partial charge on any atom is 0.216 e. The first-order valence-corrected chi connectivity index (χ1v) is 8.57. The molecule has 1 aliphatic heterocycles. The van der Waals surface area contributed by atoms with Crippen LogP contribution in [0.25, 0.3) is 0 Å². The lowest BCUT2D eigenvalue weighted by molar-refractivity contribution is -0.00507. The first-order chi connectivity index (χ1) is 9.82. The summed E-state index contributed by atoms with van der Waals surface area (Å²) >= 11 is 0. The number of aromatic nitrogens is 1. The molecular weight excluding hydrogens is 290 g/mol. The van der Waals surface area contributed by atoms with E-state index in [-0.39, 0.29) is 6.10 Å². The highest BCUT2D eigenvalue weighted by molar-refractivity contribution is 7.89. The van der Waals surface area contributed by atoms with E-state index in [0.717, 1.165) is 11.5 Å². The van der Waals surface area contributed by atoms with E-state index in [2.05, 4.69) is 4.98 Å². The minimum absolute atomic E-state index is 0.313. The zero-order valence-electron chi connectivity index (χ0n) is 13.0. The van der Waals surface area contributed by atoms with Gasteiger partial charge < -0.3 is 9.64 Å². The van der Waals surface area contributed by atoms with Crippen molar-refractivity contribution in [1.29, 1.82) is 0 Å². The average molecular weight is 313 g/mol. The van der Waals surface area contributed by atoms with Crippen LogP contribution in [0.5, 0.6) is 0 Å². The van der Waals surface area contributed by atoms with Crippen LogP contribution in [-0.4, -0.2) is 56.7 Å². The van der Waals surface area contributed by atoms with Gasteiger partial charge in [0.25, 0.3) is 0 Å². The molecule has 0 aliphatic carbocycles. The van der Waals surface area contributed by atoms with Gasteiger partial charge in [-0.3, -0.25) is 0 Å². The molecule has 2 heterocycles. The molecule has 7 heteroatoms. The van der Waals surface area contributed by atoms with Crippen molar-refractivity contribution in [3.8, 4) is 0 Å². The molecule has 1 aromatic heterocycles. The lowest BCUT2D eigenvalue weighted by Crippen LogP contribution is -2.45. The van der Waals surface area contributed by atoms with Crippen molar-refractivity contribution in [2.75, 3.05) is 38.7 Å². The Balaban J connectivity index is 2.20. The highest BCUT2D eigenvalue weighted by Crippen LogP contribution is 2.25. The number of anilines is 1. The van der Waals surface area contributed by atoms with Crippen molar-refractivity contribution in [2.45, 2.75) is 25.2 Å². The van der Waals surface area contributed by atoms with Gasteiger partial charge in [0.2, 0.25) is 10.0 Å². The quantitative estimate of drug-likeness (QED) is 0.837. The zero-order chi connectivity index (χ0) is 15.6. The summed E-state index contributed by atoms with van der Waals surface area (Å²) in [4.78, 5) is 6.45. The first-order valence-electron chi connectivity index (χ1n) is 7.07. The molecule has 1 aliphatic rings. The summed E-state index contributed by atoms with van der Waals surface area (Å²) in [5, 5.41) is -0.419. The van der Waals surface area contributed by atoms with Crippen molar-refractivity contribution in [2.24, 2.45) is 0 Å². The third kappa shape index (κ3) is 3.53. The summed E-state index contributed by atoms with van der Waals surface area (Å²) in [5.74, 6) is 0.833. The fourth-order valence-corrected chi connectivity index (χ4v) is 3.47. The van der Waals surface area contributed by atoms with Gasteiger partial charge in [0.05, 0.1) is 17.6 Å². The summed E-state index contributed by atoms with van der Waals surface area (Å²) in [7, 11) is 0.588. The van der Waals surface area contributed by atoms with Crippen molar-refractivity contribution >= 4 is 15.8 Å². The average Bonchev–Trinajstić information content (AvgIpc) is 2.47. The van der Waals surface area contributed by atoms with E-state index in [1.165, 1.54) is 4.31 Å². The molecule has 0 spiro atoms. The Morgan fingerprint density at radius 1 is 1.38 bits per heavy atom. The van der Waals surface area contributed by atoms with Crippen LogP contribution >= 0.6 is 0 Å². The lowest BCUT2D eigenvalue weighted by atomic mass is 10.2. The zero-order valence-corrected chi connectivity index (χ0v) is 13.8. The molecule has 1 saturated heterocycles. The molecule has 1 atom stereocenters. The lowest BCUT2D eigenvalue weighted by Gasteiger charge is -2.33. The molecule has 21 heavy (non-hydrogen) atoms. The number of pyridine rings is 1. The van der Waals surface area contributed by atoms with Crippen LogP contribution in [0.3, 0.4) is 0 Å². The molecule has 0 bridgehead atoms.